The molecule has 0 bridgehead atoms. The van der Waals surface area contributed by atoms with Crippen LogP contribution < -0.4 is 0 Å². The quantitative estimate of drug-likeness (QED) is 0.481. The normalized spacial score (nSPS) is 14.7. The van der Waals surface area contributed by atoms with Gasteiger partial charge in [-0.25, -0.2) is 0 Å². The van der Waals surface area contributed by atoms with E-state index in [1.54, 1.807) is 6.92 Å². The molecule has 0 saturated carbocycles. The zero-order valence-electron chi connectivity index (χ0n) is 7.22. The summed E-state index contributed by atoms with van der Waals surface area (Å²) in [6.07, 6.45) is 8.43. The monoisotopic (exact) mass is 151 g/mol. The third kappa shape index (κ3) is 5.57. The topological polar surface area (TPSA) is 20.2 Å². The Morgan fingerprint density at radius 2 is 2.36 bits per heavy atom. The molecule has 0 aromatic rings. The second kappa shape index (κ2) is 4.10. The van der Waals surface area contributed by atoms with E-state index >= 15 is 0 Å². The minimum atomic E-state index is -0.966. The average Bonchev–Trinajstić information content (AvgIpc) is 1.87. The Labute approximate surface area is 69.1 Å². The van der Waals surface area contributed by atoms with E-state index in [0.717, 1.165) is 12.0 Å². The number of allylic oxidation sites excluding steroid dienone is 1. The molecule has 0 unspecified atom stereocenters. The van der Waals surface area contributed by atoms with Crippen LogP contribution in [0.5, 0.6) is 0 Å². The van der Waals surface area contributed by atoms with E-state index in [2.05, 4.69) is 12.5 Å². The molecule has 0 fully saturated rings. The Kier molecular flexibility index (Phi) is 3.78. The lowest BCUT2D eigenvalue weighted by Crippen LogP contribution is -2.20. The van der Waals surface area contributed by atoms with Crippen LogP contribution in [0.3, 0.4) is 0 Å². The smallest absolute Gasteiger partial charge is 0.124 e. The van der Waals surface area contributed by atoms with Crippen molar-refractivity contribution in [3.05, 3.63) is 18.6 Å². The van der Waals surface area contributed by atoms with Gasteiger partial charge in [0.2, 0.25) is 0 Å². The van der Waals surface area contributed by atoms with E-state index in [4.69, 9.17) is 6.42 Å². The number of terminal acetylenes is 1. The molecule has 0 spiro atoms. The molecular weight excluding hydrogens is 136 g/mol. The highest BCUT2D eigenvalue weighted by atomic mass is 16.3. The highest BCUT2D eigenvalue weighted by Crippen LogP contribution is 2.13. The Morgan fingerprint density at radius 1 is 1.82 bits per heavy atom. The first-order valence-corrected chi connectivity index (χ1v) is 3.67. The molecule has 11 heavy (non-hydrogen) atoms. The van der Waals surface area contributed by atoms with E-state index in [9.17, 15) is 5.11 Å². The van der Waals surface area contributed by atoms with Crippen LogP contribution in [0.4, 0.5) is 0 Å². The van der Waals surface area contributed by atoms with Crippen molar-refractivity contribution >= 4 is 0 Å². The third-order valence-electron chi connectivity index (χ3n) is 1.43. The summed E-state index contributed by atoms with van der Waals surface area (Å²) >= 11 is 0. The van der Waals surface area contributed by atoms with Gasteiger partial charge in [-0.15, -0.1) is 6.42 Å². The van der Waals surface area contributed by atoms with Gasteiger partial charge in [-0.3, -0.25) is 0 Å². The second-order valence-corrected chi connectivity index (χ2v) is 3.01. The summed E-state index contributed by atoms with van der Waals surface area (Å²) in [5.41, 5.74) is 0.0456. The number of aliphatic hydroxyl groups is 1. The summed E-state index contributed by atoms with van der Waals surface area (Å²) in [4.78, 5) is 0. The minimum absolute atomic E-state index is 0.594. The number of rotatable bonds is 4. The van der Waals surface area contributed by atoms with Gasteiger partial charge in [0, 0.05) is 25.8 Å². The lowest BCUT2D eigenvalue weighted by atomic mass is 9.99. The lowest BCUT2D eigenvalue weighted by Gasteiger charge is -2.13. The van der Waals surface area contributed by atoms with E-state index in [0.29, 0.717) is 6.42 Å². The summed E-state index contributed by atoms with van der Waals surface area (Å²) in [5, 5.41) is 9.35. The molecule has 1 atom stereocenters. The first kappa shape index (κ1) is 10.1. The molecule has 0 amide bonds. The van der Waals surface area contributed by atoms with Crippen molar-refractivity contribution in [2.45, 2.75) is 32.3 Å². The zero-order valence-corrected chi connectivity index (χ0v) is 7.22. The Balaban J connectivity index is 3.56. The molecule has 60 valence electrons. The van der Waals surface area contributed by atoms with E-state index in [1.165, 1.54) is 0 Å². The maximum atomic E-state index is 9.35. The molecule has 0 rings (SSSR count). The van der Waals surface area contributed by atoms with Gasteiger partial charge in [0.25, 0.3) is 0 Å². The Hall–Kier alpha value is -0.870. The predicted octanol–water partition coefficient (Wildman–Crippen LogP) is 1.93. The molecule has 1 heteroatoms. The van der Waals surface area contributed by atoms with Crippen molar-refractivity contribution in [2.24, 2.45) is 0 Å². The first-order chi connectivity index (χ1) is 4.98. The summed E-state index contributed by atoms with van der Waals surface area (Å²) in [6.45, 7) is 7.27. The molecule has 0 aromatic heterocycles. The first-order valence-electron chi connectivity index (χ1n) is 3.67. The molecule has 0 aliphatic carbocycles. The van der Waals surface area contributed by atoms with Crippen molar-refractivity contribution in [1.82, 2.24) is 0 Å². The van der Waals surface area contributed by atoms with Crippen LogP contribution >= 0.6 is 0 Å². The van der Waals surface area contributed by atoms with E-state index in [1.807, 2.05) is 13.3 Å². The molecule has 0 radical (unpaired) electrons. The molecule has 1 nitrogen and oxygen atoms in total. The van der Waals surface area contributed by atoms with Gasteiger partial charge in [0.1, 0.15) is 5.60 Å². The summed E-state index contributed by atoms with van der Waals surface area (Å²) in [6, 6.07) is 0. The fourth-order valence-corrected chi connectivity index (χ4v) is 0.672. The largest absolute Gasteiger partial charge is 0.378 e. The number of hydrogen-bond acceptors (Lipinski definition) is 1. The third-order valence-corrected chi connectivity index (χ3v) is 1.43. The highest BCUT2D eigenvalue weighted by Gasteiger charge is 2.16. The molecular formula is C10H15O+. The van der Waals surface area contributed by atoms with Gasteiger partial charge in [0.15, 0.2) is 0 Å². The predicted molar refractivity (Wildman–Crippen MR) is 47.8 cm³/mol. The SMILES string of the molecule is C#C[C@@](C)(O)CC[CH+]C(=C)C. The van der Waals surface area contributed by atoms with Crippen molar-refractivity contribution in [3.8, 4) is 12.3 Å². The fraction of sp³-hybridized carbons (Fsp3) is 0.500. The molecule has 1 N–H and O–H groups in total. The van der Waals surface area contributed by atoms with Crippen molar-refractivity contribution in [3.63, 3.8) is 0 Å². The summed E-state index contributed by atoms with van der Waals surface area (Å²) < 4.78 is 0. The van der Waals surface area contributed by atoms with Crippen LogP contribution in [-0.4, -0.2) is 10.7 Å². The van der Waals surface area contributed by atoms with Crippen molar-refractivity contribution in [1.29, 1.82) is 0 Å². The second-order valence-electron chi connectivity index (χ2n) is 3.01. The van der Waals surface area contributed by atoms with Gasteiger partial charge < -0.3 is 5.11 Å². The van der Waals surface area contributed by atoms with E-state index < -0.39 is 5.60 Å². The maximum absolute atomic E-state index is 9.35. The molecule has 0 aliphatic rings. The van der Waals surface area contributed by atoms with Crippen LogP contribution in [0.25, 0.3) is 0 Å². The fourth-order valence-electron chi connectivity index (χ4n) is 0.672. The van der Waals surface area contributed by atoms with E-state index in [-0.39, 0.29) is 0 Å². The summed E-state index contributed by atoms with van der Waals surface area (Å²) in [5.74, 6) is 2.32. The van der Waals surface area contributed by atoms with Crippen LogP contribution in [0.2, 0.25) is 0 Å². The average molecular weight is 151 g/mol. The number of hydrogen-bond donors (Lipinski definition) is 1. The molecule has 0 aromatic carbocycles. The van der Waals surface area contributed by atoms with Gasteiger partial charge in [0.05, 0.1) is 5.57 Å². The van der Waals surface area contributed by atoms with Crippen LogP contribution in [-0.2, 0) is 0 Å². The molecule has 0 saturated heterocycles. The van der Waals surface area contributed by atoms with Gasteiger partial charge in [-0.05, 0) is 13.8 Å². The van der Waals surface area contributed by atoms with Crippen molar-refractivity contribution in [2.75, 3.05) is 0 Å². The minimum Gasteiger partial charge on any atom is -0.378 e. The van der Waals surface area contributed by atoms with Crippen LogP contribution in [0, 0.1) is 18.8 Å². The van der Waals surface area contributed by atoms with Crippen LogP contribution in [0.1, 0.15) is 26.7 Å². The van der Waals surface area contributed by atoms with Crippen LogP contribution in [0.15, 0.2) is 12.2 Å². The highest BCUT2D eigenvalue weighted by molar-refractivity contribution is 5.08. The van der Waals surface area contributed by atoms with Crippen molar-refractivity contribution < 1.29 is 5.11 Å². The molecule has 0 heterocycles. The van der Waals surface area contributed by atoms with Gasteiger partial charge in [-0.1, -0.05) is 5.92 Å². The summed E-state index contributed by atoms with van der Waals surface area (Å²) in [7, 11) is 0. The molecule has 0 aliphatic heterocycles. The standard InChI is InChI=1S/C10H15O/c1-5-10(4,11)8-6-7-9(2)3/h1,7,11H,2,6,8H2,3-4H3/q+1/t10-/m1/s1. The zero-order chi connectivity index (χ0) is 8.91. The lowest BCUT2D eigenvalue weighted by molar-refractivity contribution is 0.113. The Morgan fingerprint density at radius 3 is 2.73 bits per heavy atom. The maximum Gasteiger partial charge on any atom is 0.124 e. The van der Waals surface area contributed by atoms with Gasteiger partial charge in [-0.2, -0.15) is 0 Å². The Bertz CT molecular complexity index is 172. The van der Waals surface area contributed by atoms with Gasteiger partial charge >= 0.3 is 0 Å².